The van der Waals surface area contributed by atoms with Gasteiger partial charge in [0.2, 0.25) is 0 Å². The lowest BCUT2D eigenvalue weighted by Crippen LogP contribution is -2.43. The Kier molecular flexibility index (Phi) is 5.31. The molecule has 0 fully saturated rings. The van der Waals surface area contributed by atoms with Crippen LogP contribution in [0.1, 0.15) is 23.0 Å². The number of benzene rings is 1. The van der Waals surface area contributed by atoms with Gasteiger partial charge >= 0.3 is 12.0 Å². The molecule has 0 saturated carbocycles. The van der Waals surface area contributed by atoms with E-state index >= 15 is 0 Å². The van der Waals surface area contributed by atoms with E-state index in [4.69, 9.17) is 4.74 Å². The van der Waals surface area contributed by atoms with Crippen molar-refractivity contribution in [3.8, 4) is 5.69 Å². The number of aromatic nitrogens is 2. The van der Waals surface area contributed by atoms with Crippen molar-refractivity contribution in [2.75, 3.05) is 7.05 Å². The van der Waals surface area contributed by atoms with Gasteiger partial charge in [0, 0.05) is 18.9 Å². The fraction of sp³-hybridized carbons (Fsp3) is 0.250. The van der Waals surface area contributed by atoms with E-state index in [1.54, 1.807) is 35.1 Å². The van der Waals surface area contributed by atoms with Crippen LogP contribution in [0.3, 0.4) is 0 Å². The van der Waals surface area contributed by atoms with Crippen LogP contribution in [-0.2, 0) is 9.53 Å². The first kappa shape index (κ1) is 17.2. The van der Waals surface area contributed by atoms with Gasteiger partial charge in [-0.05, 0) is 44.2 Å². The molecule has 0 saturated heterocycles. The van der Waals surface area contributed by atoms with Gasteiger partial charge in [-0.1, -0.05) is 0 Å². The second-order valence-electron chi connectivity index (χ2n) is 5.05. The molecule has 0 aliphatic heterocycles. The van der Waals surface area contributed by atoms with Gasteiger partial charge in [-0.25, -0.2) is 14.3 Å². The Morgan fingerprint density at radius 3 is 2.38 bits per heavy atom. The molecule has 2 aromatic rings. The van der Waals surface area contributed by atoms with Gasteiger partial charge in [-0.3, -0.25) is 10.1 Å². The highest BCUT2D eigenvalue weighted by Crippen LogP contribution is 2.12. The molecular formula is C16H18N4O4. The standard InChI is InChI=1S/C16H18N4O4/c1-10-8-9-18-20(10)13-6-4-12(5-7-13)15(22)24-11(2)14(21)19-16(23)17-3/h4-9,11H,1-3H3,(H2,17,19,21,23)/t11-/m1/s1. The van der Waals surface area contributed by atoms with Gasteiger partial charge < -0.3 is 10.1 Å². The number of carbonyl (C=O) groups excluding carboxylic acids is 3. The lowest BCUT2D eigenvalue weighted by molar-refractivity contribution is -0.127. The molecule has 24 heavy (non-hydrogen) atoms. The molecule has 8 nitrogen and oxygen atoms in total. The van der Waals surface area contributed by atoms with Crippen LogP contribution in [-0.4, -0.2) is 40.8 Å². The highest BCUT2D eigenvalue weighted by molar-refractivity contribution is 5.98. The summed E-state index contributed by atoms with van der Waals surface area (Å²) in [6, 6.07) is 7.83. The van der Waals surface area contributed by atoms with Crippen LogP contribution in [0.4, 0.5) is 4.79 Å². The Labute approximate surface area is 138 Å². The normalized spacial score (nSPS) is 11.5. The van der Waals surface area contributed by atoms with Gasteiger partial charge in [-0.15, -0.1) is 0 Å². The molecule has 0 spiro atoms. The van der Waals surface area contributed by atoms with E-state index in [-0.39, 0.29) is 0 Å². The molecule has 1 heterocycles. The number of ether oxygens (including phenoxy) is 1. The Morgan fingerprint density at radius 2 is 1.83 bits per heavy atom. The topological polar surface area (TPSA) is 102 Å². The third-order valence-electron chi connectivity index (χ3n) is 3.30. The molecule has 8 heteroatoms. The Morgan fingerprint density at radius 1 is 1.17 bits per heavy atom. The van der Waals surface area contributed by atoms with E-state index in [0.717, 1.165) is 11.4 Å². The smallest absolute Gasteiger partial charge is 0.338 e. The van der Waals surface area contributed by atoms with Crippen LogP contribution >= 0.6 is 0 Å². The van der Waals surface area contributed by atoms with Crippen LogP contribution < -0.4 is 10.6 Å². The predicted octanol–water partition coefficient (Wildman–Crippen LogP) is 1.18. The zero-order valence-electron chi connectivity index (χ0n) is 13.6. The van der Waals surface area contributed by atoms with Crippen molar-refractivity contribution >= 4 is 17.9 Å². The molecule has 0 aliphatic rings. The number of hydrogen-bond donors (Lipinski definition) is 2. The molecule has 1 aromatic heterocycles. The summed E-state index contributed by atoms with van der Waals surface area (Å²) in [6.45, 7) is 3.31. The second kappa shape index (κ2) is 7.40. The second-order valence-corrected chi connectivity index (χ2v) is 5.05. The van der Waals surface area contributed by atoms with Crippen LogP contribution in [0.15, 0.2) is 36.5 Å². The quantitative estimate of drug-likeness (QED) is 0.820. The number of urea groups is 1. The summed E-state index contributed by atoms with van der Waals surface area (Å²) in [4.78, 5) is 34.8. The Balaban J connectivity index is 2.01. The zero-order chi connectivity index (χ0) is 17.7. The fourth-order valence-electron chi connectivity index (χ4n) is 1.94. The molecule has 1 atom stereocenters. The number of nitrogens with zero attached hydrogens (tertiary/aromatic N) is 2. The van der Waals surface area contributed by atoms with Crippen molar-refractivity contribution < 1.29 is 19.1 Å². The van der Waals surface area contributed by atoms with E-state index in [1.165, 1.54) is 14.0 Å². The lowest BCUT2D eigenvalue weighted by atomic mass is 10.2. The number of carbonyl (C=O) groups is 3. The van der Waals surface area contributed by atoms with Crippen molar-refractivity contribution in [2.45, 2.75) is 20.0 Å². The van der Waals surface area contributed by atoms with Crippen molar-refractivity contribution in [1.82, 2.24) is 20.4 Å². The number of amides is 3. The number of nitrogens with one attached hydrogen (secondary N) is 2. The first-order valence-corrected chi connectivity index (χ1v) is 7.27. The Bertz CT molecular complexity index is 752. The molecule has 2 N–H and O–H groups in total. The molecule has 2 rings (SSSR count). The minimum absolute atomic E-state index is 0.295. The van der Waals surface area contributed by atoms with E-state index in [2.05, 4.69) is 10.4 Å². The van der Waals surface area contributed by atoms with Crippen molar-refractivity contribution in [3.05, 3.63) is 47.8 Å². The van der Waals surface area contributed by atoms with Crippen molar-refractivity contribution in [3.63, 3.8) is 0 Å². The van der Waals surface area contributed by atoms with Gasteiger partial charge in [0.25, 0.3) is 5.91 Å². The SMILES string of the molecule is CNC(=O)NC(=O)[C@@H](C)OC(=O)c1ccc(-n2nccc2C)cc1. The minimum atomic E-state index is -1.09. The van der Waals surface area contributed by atoms with E-state index in [9.17, 15) is 14.4 Å². The largest absolute Gasteiger partial charge is 0.449 e. The molecule has 0 radical (unpaired) electrons. The molecule has 0 aliphatic carbocycles. The third-order valence-corrected chi connectivity index (χ3v) is 3.30. The van der Waals surface area contributed by atoms with Crippen LogP contribution in [0, 0.1) is 6.92 Å². The first-order valence-electron chi connectivity index (χ1n) is 7.27. The first-order chi connectivity index (χ1) is 11.4. The molecule has 0 bridgehead atoms. The summed E-state index contributed by atoms with van der Waals surface area (Å²) in [5.41, 5.74) is 2.06. The van der Waals surface area contributed by atoms with E-state index in [0.29, 0.717) is 5.56 Å². The summed E-state index contributed by atoms with van der Waals surface area (Å²) >= 11 is 0. The number of aryl methyl sites for hydroxylation is 1. The van der Waals surface area contributed by atoms with Gasteiger partial charge in [0.1, 0.15) is 0 Å². The van der Waals surface area contributed by atoms with Gasteiger partial charge in [0.05, 0.1) is 11.3 Å². The molecular weight excluding hydrogens is 312 g/mol. The minimum Gasteiger partial charge on any atom is -0.449 e. The molecule has 1 aromatic carbocycles. The average Bonchev–Trinajstić information content (AvgIpc) is 3.00. The van der Waals surface area contributed by atoms with Gasteiger partial charge in [0.15, 0.2) is 6.10 Å². The van der Waals surface area contributed by atoms with E-state index in [1.807, 2.05) is 18.3 Å². The summed E-state index contributed by atoms with van der Waals surface area (Å²) in [5.74, 6) is -1.36. The van der Waals surface area contributed by atoms with Gasteiger partial charge in [-0.2, -0.15) is 5.10 Å². The van der Waals surface area contributed by atoms with Crippen molar-refractivity contribution in [2.24, 2.45) is 0 Å². The van der Waals surface area contributed by atoms with E-state index < -0.39 is 24.0 Å². The maximum absolute atomic E-state index is 12.1. The predicted molar refractivity (Wildman–Crippen MR) is 85.8 cm³/mol. The lowest BCUT2D eigenvalue weighted by Gasteiger charge is -2.13. The molecule has 126 valence electrons. The zero-order valence-corrected chi connectivity index (χ0v) is 13.6. The third kappa shape index (κ3) is 3.97. The average molecular weight is 330 g/mol. The highest BCUT2D eigenvalue weighted by Gasteiger charge is 2.20. The number of rotatable bonds is 4. The maximum Gasteiger partial charge on any atom is 0.338 e. The fourth-order valence-corrected chi connectivity index (χ4v) is 1.94. The summed E-state index contributed by atoms with van der Waals surface area (Å²) < 4.78 is 6.78. The Hall–Kier alpha value is -3.16. The molecule has 0 unspecified atom stereocenters. The number of esters is 1. The monoisotopic (exact) mass is 330 g/mol. The van der Waals surface area contributed by atoms with Crippen LogP contribution in [0.2, 0.25) is 0 Å². The highest BCUT2D eigenvalue weighted by atomic mass is 16.5. The number of imide groups is 1. The van der Waals surface area contributed by atoms with Crippen LogP contribution in [0.5, 0.6) is 0 Å². The number of hydrogen-bond acceptors (Lipinski definition) is 5. The summed E-state index contributed by atoms with van der Waals surface area (Å²) in [7, 11) is 1.38. The maximum atomic E-state index is 12.1. The summed E-state index contributed by atoms with van der Waals surface area (Å²) in [6.07, 6.45) is 0.590. The van der Waals surface area contributed by atoms with Crippen LogP contribution in [0.25, 0.3) is 5.69 Å². The molecule has 3 amide bonds. The summed E-state index contributed by atoms with van der Waals surface area (Å²) in [5, 5.41) is 8.46. The van der Waals surface area contributed by atoms with Crippen molar-refractivity contribution in [1.29, 1.82) is 0 Å².